The summed E-state index contributed by atoms with van der Waals surface area (Å²) in [7, 11) is 0. The molecule has 0 bridgehead atoms. The summed E-state index contributed by atoms with van der Waals surface area (Å²) >= 11 is 5.06. The summed E-state index contributed by atoms with van der Waals surface area (Å²) in [6, 6.07) is 0. The van der Waals surface area contributed by atoms with Crippen molar-refractivity contribution in [3.8, 4) is 0 Å². The number of halogens is 1. The number of ether oxygens (including phenoxy) is 1. The smallest absolute Gasteiger partial charge is 0.221 e. The van der Waals surface area contributed by atoms with E-state index >= 15 is 0 Å². The molecule has 1 unspecified atom stereocenters. The summed E-state index contributed by atoms with van der Waals surface area (Å²) < 4.78 is 4.85. The van der Waals surface area contributed by atoms with Crippen molar-refractivity contribution >= 4 is 16.8 Å². The Hall–Kier alpha value is -0.0800. The Balaban J connectivity index is 1.95. The van der Waals surface area contributed by atoms with Gasteiger partial charge in [-0.3, -0.25) is 4.79 Å². The Kier molecular flexibility index (Phi) is 1.86. The van der Waals surface area contributed by atoms with Gasteiger partial charge in [0.2, 0.25) is 5.24 Å². The zero-order valence-corrected chi connectivity index (χ0v) is 5.15. The van der Waals surface area contributed by atoms with Crippen LogP contribution in [0.2, 0.25) is 0 Å². The average Bonchev–Trinajstić information content (AvgIpc) is 2.41. The molecule has 0 aromatic heterocycles. The van der Waals surface area contributed by atoms with E-state index in [0.29, 0.717) is 12.5 Å². The van der Waals surface area contributed by atoms with E-state index in [-0.39, 0.29) is 5.24 Å². The Bertz CT molecular complexity index is 98.6. The molecule has 3 heteroatoms. The second-order valence-electron chi connectivity index (χ2n) is 1.85. The molecule has 1 rings (SSSR count). The van der Waals surface area contributed by atoms with Crippen LogP contribution in [0.15, 0.2) is 0 Å². The van der Waals surface area contributed by atoms with Crippen molar-refractivity contribution in [2.24, 2.45) is 0 Å². The molecule has 1 aliphatic heterocycles. The van der Waals surface area contributed by atoms with Crippen molar-refractivity contribution in [1.82, 2.24) is 0 Å². The number of rotatable bonds is 3. The van der Waals surface area contributed by atoms with Gasteiger partial charge in [-0.2, -0.15) is 0 Å². The van der Waals surface area contributed by atoms with Crippen LogP contribution in [0, 0.1) is 0 Å². The minimum Gasteiger partial charge on any atom is -0.373 e. The van der Waals surface area contributed by atoms with Crippen LogP contribution in [-0.4, -0.2) is 18.0 Å². The first-order chi connectivity index (χ1) is 3.79. The molecule has 1 aliphatic rings. The first-order valence-electron chi connectivity index (χ1n) is 2.59. The lowest BCUT2D eigenvalue weighted by Crippen LogP contribution is -1.90. The third kappa shape index (κ3) is 2.28. The van der Waals surface area contributed by atoms with Crippen molar-refractivity contribution in [1.29, 1.82) is 0 Å². The van der Waals surface area contributed by atoms with E-state index in [0.717, 1.165) is 13.0 Å². The van der Waals surface area contributed by atoms with Crippen LogP contribution in [0.3, 0.4) is 0 Å². The van der Waals surface area contributed by atoms with E-state index in [4.69, 9.17) is 16.3 Å². The maximum atomic E-state index is 10.1. The second kappa shape index (κ2) is 2.46. The summed E-state index contributed by atoms with van der Waals surface area (Å²) in [5, 5.41) is -0.263. The lowest BCUT2D eigenvalue weighted by atomic mass is 10.3. The molecule has 0 N–H and O–H groups in total. The van der Waals surface area contributed by atoms with Crippen molar-refractivity contribution < 1.29 is 9.53 Å². The summed E-state index contributed by atoms with van der Waals surface area (Å²) in [6.07, 6.45) is 1.58. The van der Waals surface area contributed by atoms with Gasteiger partial charge in [0.05, 0.1) is 12.7 Å². The van der Waals surface area contributed by atoms with Crippen LogP contribution in [0.25, 0.3) is 0 Å². The van der Waals surface area contributed by atoms with Crippen molar-refractivity contribution in [3.63, 3.8) is 0 Å². The predicted molar refractivity (Wildman–Crippen MR) is 29.8 cm³/mol. The van der Waals surface area contributed by atoms with E-state index in [1.807, 2.05) is 0 Å². The van der Waals surface area contributed by atoms with E-state index in [1.165, 1.54) is 0 Å². The lowest BCUT2D eigenvalue weighted by Gasteiger charge is -1.84. The van der Waals surface area contributed by atoms with Gasteiger partial charge < -0.3 is 4.74 Å². The topological polar surface area (TPSA) is 29.6 Å². The highest BCUT2D eigenvalue weighted by Crippen LogP contribution is 2.15. The molecule has 2 nitrogen and oxygen atoms in total. The maximum absolute atomic E-state index is 10.1. The maximum Gasteiger partial charge on any atom is 0.221 e. The average molecular weight is 135 g/mol. The molecule has 0 radical (unpaired) electrons. The first kappa shape index (κ1) is 6.05. The van der Waals surface area contributed by atoms with Crippen molar-refractivity contribution in [3.05, 3.63) is 0 Å². The summed E-state index contributed by atoms with van der Waals surface area (Å²) in [5.41, 5.74) is 0. The van der Waals surface area contributed by atoms with E-state index in [2.05, 4.69) is 0 Å². The highest BCUT2D eigenvalue weighted by Gasteiger charge is 2.22. The number of epoxide rings is 1. The van der Waals surface area contributed by atoms with Gasteiger partial charge in [0.25, 0.3) is 0 Å². The molecule has 0 aromatic carbocycles. The second-order valence-corrected chi connectivity index (χ2v) is 2.27. The van der Waals surface area contributed by atoms with E-state index < -0.39 is 0 Å². The van der Waals surface area contributed by atoms with Crippen LogP contribution in [0.1, 0.15) is 12.8 Å². The Morgan fingerprint density at radius 2 is 2.50 bits per heavy atom. The lowest BCUT2D eigenvalue weighted by molar-refractivity contribution is -0.111. The third-order valence-electron chi connectivity index (χ3n) is 1.07. The highest BCUT2D eigenvalue weighted by molar-refractivity contribution is 6.63. The summed E-state index contributed by atoms with van der Waals surface area (Å²) in [4.78, 5) is 10.1. The molecular weight excluding hydrogens is 128 g/mol. The van der Waals surface area contributed by atoms with Crippen LogP contribution in [-0.2, 0) is 9.53 Å². The zero-order valence-electron chi connectivity index (χ0n) is 4.39. The number of hydrogen-bond acceptors (Lipinski definition) is 2. The van der Waals surface area contributed by atoms with Gasteiger partial charge in [0.1, 0.15) is 0 Å². The largest absolute Gasteiger partial charge is 0.373 e. The predicted octanol–water partition coefficient (Wildman–Crippen LogP) is 0.931. The molecule has 0 amide bonds. The highest BCUT2D eigenvalue weighted by atomic mass is 35.5. The standard InChI is InChI=1S/C5H7ClO2/c6-5(7)2-1-4-3-8-4/h4H,1-3H2. The van der Waals surface area contributed by atoms with Gasteiger partial charge in [-0.25, -0.2) is 0 Å². The fourth-order valence-corrected chi connectivity index (χ4v) is 0.618. The van der Waals surface area contributed by atoms with Crippen LogP contribution >= 0.6 is 11.6 Å². The van der Waals surface area contributed by atoms with Gasteiger partial charge >= 0.3 is 0 Å². The Morgan fingerprint density at radius 3 is 2.88 bits per heavy atom. The molecular formula is C5H7ClO2. The molecule has 0 aromatic rings. The zero-order chi connectivity index (χ0) is 5.98. The van der Waals surface area contributed by atoms with E-state index in [9.17, 15) is 4.79 Å². The van der Waals surface area contributed by atoms with Crippen molar-refractivity contribution in [2.75, 3.05) is 6.61 Å². The number of hydrogen-bond donors (Lipinski definition) is 0. The van der Waals surface area contributed by atoms with Gasteiger partial charge in [-0.05, 0) is 18.0 Å². The number of carbonyl (C=O) groups is 1. The Morgan fingerprint density at radius 1 is 1.88 bits per heavy atom. The molecule has 0 spiro atoms. The third-order valence-corrected chi connectivity index (χ3v) is 1.25. The normalized spacial score (nSPS) is 25.4. The van der Waals surface area contributed by atoms with Gasteiger partial charge in [0, 0.05) is 6.42 Å². The molecule has 46 valence electrons. The molecule has 1 saturated heterocycles. The molecule has 1 heterocycles. The van der Waals surface area contributed by atoms with Crippen LogP contribution < -0.4 is 0 Å². The number of carbonyl (C=O) groups excluding carboxylic acids is 1. The molecule has 0 aliphatic carbocycles. The molecule has 8 heavy (non-hydrogen) atoms. The minimum atomic E-state index is -0.263. The van der Waals surface area contributed by atoms with E-state index in [1.54, 1.807) is 0 Å². The van der Waals surface area contributed by atoms with Crippen molar-refractivity contribution in [2.45, 2.75) is 18.9 Å². The fourth-order valence-electron chi connectivity index (χ4n) is 0.509. The van der Waals surface area contributed by atoms with Gasteiger partial charge in [-0.1, -0.05) is 0 Å². The Labute approximate surface area is 52.8 Å². The van der Waals surface area contributed by atoms with Gasteiger partial charge in [0.15, 0.2) is 0 Å². The first-order valence-corrected chi connectivity index (χ1v) is 2.97. The SMILES string of the molecule is O=C(Cl)CCC1CO1. The van der Waals surface area contributed by atoms with Crippen LogP contribution in [0.4, 0.5) is 0 Å². The monoisotopic (exact) mass is 134 g/mol. The van der Waals surface area contributed by atoms with Gasteiger partial charge in [-0.15, -0.1) is 0 Å². The summed E-state index contributed by atoms with van der Waals surface area (Å²) in [6.45, 7) is 0.810. The quantitative estimate of drug-likeness (QED) is 0.425. The molecule has 0 saturated carbocycles. The fraction of sp³-hybridized carbons (Fsp3) is 0.800. The molecule has 1 fully saturated rings. The molecule has 1 atom stereocenters. The van der Waals surface area contributed by atoms with Crippen LogP contribution in [0.5, 0.6) is 0 Å². The summed E-state index contributed by atoms with van der Waals surface area (Å²) in [5.74, 6) is 0. The minimum absolute atomic E-state index is 0.263.